The standard InChI is InChI=1S/C19H23BrN2O2/c20-16-8-4-7-15-14(16)9-10-22-17(15)11-21(12-18(22)23)19(24)13-5-2-1-3-6-13/h4,7-8,13,17H,1-3,5-6,9-12H2. The molecule has 1 aromatic rings. The summed E-state index contributed by atoms with van der Waals surface area (Å²) < 4.78 is 1.11. The third-order valence-corrected chi connectivity index (χ3v) is 6.54. The van der Waals surface area contributed by atoms with E-state index in [9.17, 15) is 9.59 Å². The minimum absolute atomic E-state index is 0.0139. The molecule has 1 aromatic carbocycles. The van der Waals surface area contributed by atoms with Crippen LogP contribution in [0.25, 0.3) is 0 Å². The number of hydrogen-bond acceptors (Lipinski definition) is 2. The lowest BCUT2D eigenvalue weighted by molar-refractivity contribution is -0.152. The van der Waals surface area contributed by atoms with Crippen LogP contribution in [0.2, 0.25) is 0 Å². The highest BCUT2D eigenvalue weighted by Crippen LogP contribution is 2.37. The molecule has 1 saturated heterocycles. The molecule has 2 fully saturated rings. The highest BCUT2D eigenvalue weighted by molar-refractivity contribution is 9.10. The van der Waals surface area contributed by atoms with E-state index in [0.717, 1.165) is 43.1 Å². The van der Waals surface area contributed by atoms with Gasteiger partial charge in [-0.1, -0.05) is 47.3 Å². The fraction of sp³-hybridized carbons (Fsp3) is 0.579. The van der Waals surface area contributed by atoms with E-state index in [1.165, 1.54) is 17.5 Å². The van der Waals surface area contributed by atoms with Gasteiger partial charge in [-0.05, 0) is 36.5 Å². The quantitative estimate of drug-likeness (QED) is 0.737. The van der Waals surface area contributed by atoms with E-state index in [2.05, 4.69) is 28.1 Å². The molecule has 2 amide bonds. The molecule has 2 heterocycles. The van der Waals surface area contributed by atoms with E-state index in [1.54, 1.807) is 0 Å². The van der Waals surface area contributed by atoms with Crippen molar-refractivity contribution in [3.05, 3.63) is 33.8 Å². The summed E-state index contributed by atoms with van der Waals surface area (Å²) in [5.74, 6) is 0.425. The molecule has 128 valence electrons. The van der Waals surface area contributed by atoms with E-state index < -0.39 is 0 Å². The summed E-state index contributed by atoms with van der Waals surface area (Å²) >= 11 is 3.64. The molecule has 3 aliphatic rings. The zero-order valence-electron chi connectivity index (χ0n) is 13.8. The van der Waals surface area contributed by atoms with E-state index in [4.69, 9.17) is 0 Å². The van der Waals surface area contributed by atoms with Crippen molar-refractivity contribution in [2.45, 2.75) is 44.6 Å². The molecular weight excluding hydrogens is 368 g/mol. The van der Waals surface area contributed by atoms with Crippen LogP contribution < -0.4 is 0 Å². The molecule has 4 rings (SSSR count). The van der Waals surface area contributed by atoms with Crippen LogP contribution in [-0.4, -0.2) is 41.2 Å². The first-order valence-corrected chi connectivity index (χ1v) is 9.80. The largest absolute Gasteiger partial charge is 0.332 e. The number of carbonyl (C=O) groups is 2. The van der Waals surface area contributed by atoms with Gasteiger partial charge in [-0.2, -0.15) is 0 Å². The Morgan fingerprint density at radius 2 is 1.96 bits per heavy atom. The van der Waals surface area contributed by atoms with Crippen molar-refractivity contribution in [3.8, 4) is 0 Å². The van der Waals surface area contributed by atoms with Crippen molar-refractivity contribution in [3.63, 3.8) is 0 Å². The molecular formula is C19H23BrN2O2. The van der Waals surface area contributed by atoms with Crippen molar-refractivity contribution in [2.24, 2.45) is 5.92 Å². The molecule has 0 N–H and O–H groups in total. The average Bonchev–Trinajstić information content (AvgIpc) is 2.62. The molecule has 1 unspecified atom stereocenters. The Balaban J connectivity index is 1.59. The third-order valence-electron chi connectivity index (χ3n) is 5.80. The summed E-state index contributed by atoms with van der Waals surface area (Å²) in [7, 11) is 0. The molecule has 4 nitrogen and oxygen atoms in total. The Morgan fingerprint density at radius 3 is 2.75 bits per heavy atom. The lowest BCUT2D eigenvalue weighted by atomic mass is 9.87. The second kappa shape index (κ2) is 6.51. The minimum atomic E-state index is 0.0139. The van der Waals surface area contributed by atoms with Gasteiger partial charge in [0, 0.05) is 23.5 Å². The monoisotopic (exact) mass is 390 g/mol. The summed E-state index contributed by atoms with van der Waals surface area (Å²) in [6, 6.07) is 6.21. The van der Waals surface area contributed by atoms with Gasteiger partial charge in [-0.25, -0.2) is 0 Å². The second-order valence-corrected chi connectivity index (χ2v) is 8.07. The number of fused-ring (bicyclic) bond motifs is 3. The van der Waals surface area contributed by atoms with Crippen LogP contribution in [-0.2, 0) is 16.0 Å². The number of benzene rings is 1. The highest BCUT2D eigenvalue weighted by Gasteiger charge is 2.40. The first-order valence-electron chi connectivity index (χ1n) is 9.00. The maximum atomic E-state index is 12.9. The average molecular weight is 391 g/mol. The van der Waals surface area contributed by atoms with Crippen molar-refractivity contribution >= 4 is 27.7 Å². The summed E-state index contributed by atoms with van der Waals surface area (Å²) in [6.45, 7) is 1.66. The Kier molecular flexibility index (Phi) is 4.37. The maximum Gasteiger partial charge on any atom is 0.242 e. The second-order valence-electron chi connectivity index (χ2n) is 7.21. The number of amides is 2. The van der Waals surface area contributed by atoms with Crippen LogP contribution in [0.5, 0.6) is 0 Å². The fourth-order valence-corrected chi connectivity index (χ4v) is 5.09. The molecule has 0 spiro atoms. The molecule has 0 aromatic heterocycles. The van der Waals surface area contributed by atoms with Crippen molar-refractivity contribution < 1.29 is 9.59 Å². The summed E-state index contributed by atoms with van der Waals surface area (Å²) in [5, 5.41) is 0. The van der Waals surface area contributed by atoms with Gasteiger partial charge in [0.25, 0.3) is 0 Å². The summed E-state index contributed by atoms with van der Waals surface area (Å²) in [6.07, 6.45) is 6.38. The van der Waals surface area contributed by atoms with Gasteiger partial charge in [0.2, 0.25) is 11.8 Å². The molecule has 24 heavy (non-hydrogen) atoms. The predicted octanol–water partition coefficient (Wildman–Crippen LogP) is 3.30. The summed E-state index contributed by atoms with van der Waals surface area (Å²) in [4.78, 5) is 29.3. The molecule has 0 radical (unpaired) electrons. The topological polar surface area (TPSA) is 40.6 Å². The van der Waals surface area contributed by atoms with Gasteiger partial charge < -0.3 is 9.80 Å². The normalized spacial score (nSPS) is 24.5. The molecule has 5 heteroatoms. The van der Waals surface area contributed by atoms with E-state index >= 15 is 0 Å². The number of piperazine rings is 1. The van der Waals surface area contributed by atoms with Crippen LogP contribution in [0, 0.1) is 5.92 Å². The van der Waals surface area contributed by atoms with Gasteiger partial charge in [-0.15, -0.1) is 0 Å². The zero-order chi connectivity index (χ0) is 16.7. The van der Waals surface area contributed by atoms with Crippen LogP contribution in [0.1, 0.15) is 49.3 Å². The van der Waals surface area contributed by atoms with Gasteiger partial charge in [0.1, 0.15) is 0 Å². The molecule has 1 saturated carbocycles. The lowest BCUT2D eigenvalue weighted by Crippen LogP contribution is -2.56. The molecule has 1 atom stereocenters. The SMILES string of the molecule is O=C(C1CCCCC1)N1CC(=O)N2CCc3c(Br)cccc3C2C1. The van der Waals surface area contributed by atoms with Gasteiger partial charge in [0.05, 0.1) is 12.6 Å². The Morgan fingerprint density at radius 1 is 1.17 bits per heavy atom. The Hall–Kier alpha value is -1.36. The van der Waals surface area contributed by atoms with Crippen molar-refractivity contribution in [2.75, 3.05) is 19.6 Å². The van der Waals surface area contributed by atoms with Crippen LogP contribution in [0.15, 0.2) is 22.7 Å². The van der Waals surface area contributed by atoms with E-state index in [1.807, 2.05) is 15.9 Å². The highest BCUT2D eigenvalue weighted by atomic mass is 79.9. The van der Waals surface area contributed by atoms with Gasteiger partial charge in [-0.3, -0.25) is 9.59 Å². The maximum absolute atomic E-state index is 12.9. The third kappa shape index (κ3) is 2.77. The minimum Gasteiger partial charge on any atom is -0.332 e. The Bertz CT molecular complexity index is 669. The van der Waals surface area contributed by atoms with E-state index in [0.29, 0.717) is 6.54 Å². The van der Waals surface area contributed by atoms with Gasteiger partial charge in [0.15, 0.2) is 0 Å². The Labute approximate surface area is 151 Å². The predicted molar refractivity (Wildman–Crippen MR) is 95.5 cm³/mol. The fourth-order valence-electron chi connectivity index (χ4n) is 4.51. The summed E-state index contributed by atoms with van der Waals surface area (Å²) in [5.41, 5.74) is 2.49. The number of nitrogens with zero attached hydrogens (tertiary/aromatic N) is 2. The number of carbonyl (C=O) groups excluding carboxylic acids is 2. The lowest BCUT2D eigenvalue weighted by Gasteiger charge is -2.45. The molecule has 0 bridgehead atoms. The van der Waals surface area contributed by atoms with E-state index in [-0.39, 0.29) is 30.3 Å². The molecule has 1 aliphatic carbocycles. The first-order chi connectivity index (χ1) is 11.6. The van der Waals surface area contributed by atoms with Crippen LogP contribution in [0.3, 0.4) is 0 Å². The van der Waals surface area contributed by atoms with Gasteiger partial charge >= 0.3 is 0 Å². The smallest absolute Gasteiger partial charge is 0.242 e. The first kappa shape index (κ1) is 16.1. The number of halogens is 1. The molecule has 2 aliphatic heterocycles. The van der Waals surface area contributed by atoms with Crippen LogP contribution in [0.4, 0.5) is 0 Å². The van der Waals surface area contributed by atoms with Crippen LogP contribution >= 0.6 is 15.9 Å². The number of hydrogen-bond donors (Lipinski definition) is 0. The zero-order valence-corrected chi connectivity index (χ0v) is 15.4. The van der Waals surface area contributed by atoms with Crippen molar-refractivity contribution in [1.29, 1.82) is 0 Å². The number of rotatable bonds is 1. The van der Waals surface area contributed by atoms with Crippen molar-refractivity contribution in [1.82, 2.24) is 9.80 Å².